The molecule has 2 aromatic rings. The number of carbonyl (C=O) groups is 4. The summed E-state index contributed by atoms with van der Waals surface area (Å²) in [5.41, 5.74) is -0.484. The van der Waals surface area contributed by atoms with Crippen molar-refractivity contribution in [3.8, 4) is 0 Å². The number of nitrogens with zero attached hydrogens (tertiary/aromatic N) is 2. The molecule has 2 aliphatic rings. The van der Waals surface area contributed by atoms with Crippen LogP contribution in [0.3, 0.4) is 0 Å². The minimum atomic E-state index is -1.58. The summed E-state index contributed by atoms with van der Waals surface area (Å²) in [6.07, 6.45) is 1.52. The van der Waals surface area contributed by atoms with E-state index in [0.717, 1.165) is 0 Å². The van der Waals surface area contributed by atoms with Crippen LogP contribution >= 0.6 is 0 Å². The van der Waals surface area contributed by atoms with Gasteiger partial charge in [0.05, 0.1) is 24.6 Å². The third-order valence-electron chi connectivity index (χ3n) is 5.72. The minimum absolute atomic E-state index is 0.0474. The first-order chi connectivity index (χ1) is 15.3. The highest BCUT2D eigenvalue weighted by molar-refractivity contribution is 6.15. The fourth-order valence-electron chi connectivity index (χ4n) is 4.35. The van der Waals surface area contributed by atoms with Gasteiger partial charge >= 0.3 is 11.9 Å². The number of rotatable bonds is 6. The van der Waals surface area contributed by atoms with Crippen LogP contribution in [0.5, 0.6) is 0 Å². The van der Waals surface area contributed by atoms with Crippen molar-refractivity contribution in [1.29, 1.82) is 0 Å². The molecule has 2 aliphatic heterocycles. The minimum Gasteiger partial charge on any atom is -0.463 e. The average molecular weight is 440 g/mol. The lowest BCUT2D eigenvalue weighted by Crippen LogP contribution is -2.69. The second-order valence-electron chi connectivity index (χ2n) is 8.22. The van der Waals surface area contributed by atoms with E-state index in [2.05, 4.69) is 4.74 Å². The average Bonchev–Trinajstić information content (AvgIpc) is 3.39. The van der Waals surface area contributed by atoms with Crippen molar-refractivity contribution < 1.29 is 33.1 Å². The standard InChI is InChI=1S/C23H24N2O7/c1-14(2)12-24-20(27)16-6-4-5-7-17(16)25-18(26)8-10-23(24,25)22(29)32-13-15-9-11-31-19(15)21(28)30-3/h4-7,9,11,14H,8,10,12-13H2,1-3H3. The summed E-state index contributed by atoms with van der Waals surface area (Å²) < 4.78 is 15.4. The highest BCUT2D eigenvalue weighted by atomic mass is 16.5. The maximum absolute atomic E-state index is 13.6. The lowest BCUT2D eigenvalue weighted by molar-refractivity contribution is -0.159. The van der Waals surface area contributed by atoms with Crippen molar-refractivity contribution in [3.05, 3.63) is 53.5 Å². The van der Waals surface area contributed by atoms with Crippen molar-refractivity contribution in [2.24, 2.45) is 5.92 Å². The lowest BCUT2D eigenvalue weighted by atomic mass is 9.95. The van der Waals surface area contributed by atoms with Gasteiger partial charge in [0.1, 0.15) is 6.61 Å². The van der Waals surface area contributed by atoms with Gasteiger partial charge in [-0.3, -0.25) is 14.5 Å². The van der Waals surface area contributed by atoms with Gasteiger partial charge in [0, 0.05) is 24.9 Å². The van der Waals surface area contributed by atoms with Gasteiger partial charge in [-0.05, 0) is 24.1 Å². The zero-order chi connectivity index (χ0) is 23.0. The number of benzene rings is 1. The van der Waals surface area contributed by atoms with Crippen LogP contribution in [0.2, 0.25) is 0 Å². The zero-order valence-corrected chi connectivity index (χ0v) is 18.1. The van der Waals surface area contributed by atoms with Gasteiger partial charge in [-0.1, -0.05) is 26.0 Å². The maximum Gasteiger partial charge on any atom is 0.374 e. The van der Waals surface area contributed by atoms with Crippen LogP contribution in [0, 0.1) is 5.92 Å². The number of para-hydroxylation sites is 1. The van der Waals surface area contributed by atoms with Crippen molar-refractivity contribution >= 4 is 29.4 Å². The van der Waals surface area contributed by atoms with E-state index in [4.69, 9.17) is 9.15 Å². The molecule has 9 heteroatoms. The number of ether oxygens (including phenoxy) is 2. The molecule has 2 amide bonds. The normalized spacial score (nSPS) is 19.8. The number of hydrogen-bond acceptors (Lipinski definition) is 7. The number of carbonyl (C=O) groups excluding carboxylic acids is 4. The van der Waals surface area contributed by atoms with Crippen LogP contribution in [-0.4, -0.2) is 48.0 Å². The number of esters is 2. The molecule has 0 radical (unpaired) electrons. The molecule has 0 spiro atoms. The number of amides is 2. The third-order valence-corrected chi connectivity index (χ3v) is 5.72. The molecular formula is C23H24N2O7. The summed E-state index contributed by atoms with van der Waals surface area (Å²) in [7, 11) is 1.22. The highest BCUT2D eigenvalue weighted by Crippen LogP contribution is 2.45. The second-order valence-corrected chi connectivity index (χ2v) is 8.22. The van der Waals surface area contributed by atoms with Gasteiger partial charge < -0.3 is 18.8 Å². The molecule has 1 atom stereocenters. The molecule has 0 N–H and O–H groups in total. The molecule has 0 bridgehead atoms. The summed E-state index contributed by atoms with van der Waals surface area (Å²) >= 11 is 0. The summed E-state index contributed by atoms with van der Waals surface area (Å²) in [4.78, 5) is 54.7. The Labute approximate surface area is 184 Å². The van der Waals surface area contributed by atoms with E-state index in [1.54, 1.807) is 24.3 Å². The zero-order valence-electron chi connectivity index (χ0n) is 18.1. The quantitative estimate of drug-likeness (QED) is 0.636. The highest BCUT2D eigenvalue weighted by Gasteiger charge is 2.62. The molecular weight excluding hydrogens is 416 g/mol. The predicted octanol–water partition coefficient (Wildman–Crippen LogP) is 2.74. The Morgan fingerprint density at radius 1 is 1.19 bits per heavy atom. The van der Waals surface area contributed by atoms with Crippen LogP contribution in [0.4, 0.5) is 5.69 Å². The smallest absolute Gasteiger partial charge is 0.374 e. The summed E-state index contributed by atoms with van der Waals surface area (Å²) in [6.45, 7) is 3.87. The van der Waals surface area contributed by atoms with Crippen molar-refractivity contribution in [3.63, 3.8) is 0 Å². The topological polar surface area (TPSA) is 106 Å². The lowest BCUT2D eigenvalue weighted by Gasteiger charge is -2.48. The first-order valence-corrected chi connectivity index (χ1v) is 10.4. The van der Waals surface area contributed by atoms with Crippen LogP contribution in [0.15, 0.2) is 41.0 Å². The van der Waals surface area contributed by atoms with E-state index >= 15 is 0 Å². The Bertz CT molecular complexity index is 1090. The third kappa shape index (κ3) is 3.24. The first-order valence-electron chi connectivity index (χ1n) is 10.4. The molecule has 0 aliphatic carbocycles. The van der Waals surface area contributed by atoms with Gasteiger partial charge in [0.2, 0.25) is 17.3 Å². The predicted molar refractivity (Wildman–Crippen MR) is 112 cm³/mol. The largest absolute Gasteiger partial charge is 0.463 e. The second kappa shape index (κ2) is 8.14. The van der Waals surface area contributed by atoms with E-state index in [9.17, 15) is 19.2 Å². The number of anilines is 1. The number of fused-ring (bicyclic) bond motifs is 3. The Kier molecular flexibility index (Phi) is 5.50. The van der Waals surface area contributed by atoms with Crippen molar-refractivity contribution in [1.82, 2.24) is 4.90 Å². The van der Waals surface area contributed by atoms with E-state index < -0.39 is 17.6 Å². The molecule has 1 aromatic heterocycles. The molecule has 1 aromatic carbocycles. The Morgan fingerprint density at radius 3 is 2.66 bits per heavy atom. The van der Waals surface area contributed by atoms with Crippen LogP contribution in [0.1, 0.15) is 53.2 Å². The SMILES string of the molecule is COC(=O)c1occc1COC(=O)C12CCC(=O)N1c1ccccc1C(=O)N2CC(C)C. The Balaban J connectivity index is 1.73. The van der Waals surface area contributed by atoms with Gasteiger partial charge in [-0.15, -0.1) is 0 Å². The fourth-order valence-corrected chi connectivity index (χ4v) is 4.35. The number of methoxy groups -OCH3 is 1. The maximum atomic E-state index is 13.6. The Morgan fingerprint density at radius 2 is 1.94 bits per heavy atom. The fraction of sp³-hybridized carbons (Fsp3) is 0.391. The van der Waals surface area contributed by atoms with Gasteiger partial charge in [-0.2, -0.15) is 0 Å². The molecule has 168 valence electrons. The molecule has 3 heterocycles. The molecule has 1 fully saturated rings. The first kappa shape index (κ1) is 21.6. The summed E-state index contributed by atoms with van der Waals surface area (Å²) in [6, 6.07) is 8.27. The molecule has 4 rings (SSSR count). The van der Waals surface area contributed by atoms with E-state index in [1.165, 1.54) is 29.2 Å². The monoisotopic (exact) mass is 440 g/mol. The molecule has 1 saturated heterocycles. The molecule has 1 unspecified atom stereocenters. The van der Waals surface area contributed by atoms with Gasteiger partial charge in [0.25, 0.3) is 5.91 Å². The van der Waals surface area contributed by atoms with Crippen molar-refractivity contribution in [2.75, 3.05) is 18.6 Å². The summed E-state index contributed by atoms with van der Waals surface area (Å²) in [5.74, 6) is -2.03. The van der Waals surface area contributed by atoms with E-state index in [0.29, 0.717) is 16.8 Å². The molecule has 32 heavy (non-hydrogen) atoms. The number of hydrogen-bond donors (Lipinski definition) is 0. The Hall–Kier alpha value is -3.62. The van der Waals surface area contributed by atoms with E-state index in [1.807, 2.05) is 13.8 Å². The molecule has 9 nitrogen and oxygen atoms in total. The van der Waals surface area contributed by atoms with Crippen LogP contribution in [0.25, 0.3) is 0 Å². The summed E-state index contributed by atoms with van der Waals surface area (Å²) in [5, 5.41) is 0. The number of furan rings is 1. The van der Waals surface area contributed by atoms with Gasteiger partial charge in [-0.25, -0.2) is 9.59 Å². The van der Waals surface area contributed by atoms with Crippen LogP contribution in [-0.2, 0) is 25.7 Å². The molecule has 0 saturated carbocycles. The van der Waals surface area contributed by atoms with Crippen LogP contribution < -0.4 is 4.90 Å². The van der Waals surface area contributed by atoms with E-state index in [-0.39, 0.29) is 49.5 Å². The van der Waals surface area contributed by atoms with Crippen molar-refractivity contribution in [2.45, 2.75) is 39.0 Å². The van der Waals surface area contributed by atoms with Gasteiger partial charge in [0.15, 0.2) is 0 Å².